The standard InChI is InChI=1S/C15H23NO/c1-2-11-16(13-7-4-3-5-8-13)14-9-6-10-15(17)12-14/h6,9-10,12-13,17H,2-5,7-8,11H2,1H3. The van der Waals surface area contributed by atoms with E-state index in [4.69, 9.17) is 0 Å². The van der Waals surface area contributed by atoms with Crippen LogP contribution in [0.15, 0.2) is 24.3 Å². The van der Waals surface area contributed by atoms with Crippen LogP contribution < -0.4 is 4.90 Å². The van der Waals surface area contributed by atoms with Crippen molar-refractivity contribution in [3.63, 3.8) is 0 Å². The molecule has 1 aliphatic carbocycles. The summed E-state index contributed by atoms with van der Waals surface area (Å²) in [6.45, 7) is 3.31. The number of rotatable bonds is 4. The van der Waals surface area contributed by atoms with Gasteiger partial charge in [-0.15, -0.1) is 0 Å². The fourth-order valence-corrected chi connectivity index (χ4v) is 2.83. The van der Waals surface area contributed by atoms with Gasteiger partial charge in [-0.25, -0.2) is 0 Å². The molecule has 0 amide bonds. The molecule has 0 aliphatic heterocycles. The normalized spacial score (nSPS) is 17.0. The van der Waals surface area contributed by atoms with Crippen molar-refractivity contribution in [2.45, 2.75) is 51.5 Å². The number of hydrogen-bond acceptors (Lipinski definition) is 2. The molecule has 1 aliphatic rings. The van der Waals surface area contributed by atoms with Gasteiger partial charge in [-0.05, 0) is 31.4 Å². The molecule has 94 valence electrons. The Morgan fingerprint density at radius 3 is 2.65 bits per heavy atom. The van der Waals surface area contributed by atoms with Gasteiger partial charge in [0.25, 0.3) is 0 Å². The number of anilines is 1. The average molecular weight is 233 g/mol. The van der Waals surface area contributed by atoms with Gasteiger partial charge in [0.05, 0.1) is 0 Å². The van der Waals surface area contributed by atoms with Gasteiger partial charge in [0.2, 0.25) is 0 Å². The lowest BCUT2D eigenvalue weighted by atomic mass is 9.93. The summed E-state index contributed by atoms with van der Waals surface area (Å²) >= 11 is 0. The number of hydrogen-bond donors (Lipinski definition) is 1. The second-order valence-corrected chi connectivity index (χ2v) is 5.01. The van der Waals surface area contributed by atoms with Crippen LogP contribution in [0.2, 0.25) is 0 Å². The summed E-state index contributed by atoms with van der Waals surface area (Å²) in [5.41, 5.74) is 1.18. The van der Waals surface area contributed by atoms with Crippen LogP contribution in [0.4, 0.5) is 5.69 Å². The maximum atomic E-state index is 9.60. The van der Waals surface area contributed by atoms with Crippen molar-refractivity contribution in [1.29, 1.82) is 0 Å². The molecule has 0 atom stereocenters. The van der Waals surface area contributed by atoms with Gasteiger partial charge >= 0.3 is 0 Å². The van der Waals surface area contributed by atoms with Gasteiger partial charge in [0, 0.05) is 24.3 Å². The monoisotopic (exact) mass is 233 g/mol. The van der Waals surface area contributed by atoms with Crippen molar-refractivity contribution < 1.29 is 5.11 Å². The lowest BCUT2D eigenvalue weighted by Gasteiger charge is -2.36. The van der Waals surface area contributed by atoms with Crippen molar-refractivity contribution in [3.8, 4) is 5.75 Å². The highest BCUT2D eigenvalue weighted by Gasteiger charge is 2.20. The minimum Gasteiger partial charge on any atom is -0.508 e. The second-order valence-electron chi connectivity index (χ2n) is 5.01. The first-order valence-corrected chi connectivity index (χ1v) is 6.87. The third kappa shape index (κ3) is 3.15. The largest absolute Gasteiger partial charge is 0.508 e. The topological polar surface area (TPSA) is 23.5 Å². The molecule has 2 rings (SSSR count). The van der Waals surface area contributed by atoms with Gasteiger partial charge in [-0.1, -0.05) is 32.3 Å². The molecule has 2 heteroatoms. The number of phenolic OH excluding ortho intramolecular Hbond substituents is 1. The Kier molecular flexibility index (Phi) is 4.29. The van der Waals surface area contributed by atoms with E-state index in [0.717, 1.165) is 13.0 Å². The van der Waals surface area contributed by atoms with Crippen LogP contribution in [0.1, 0.15) is 45.4 Å². The van der Waals surface area contributed by atoms with Crippen LogP contribution in [0.25, 0.3) is 0 Å². The molecule has 0 aromatic heterocycles. The number of benzene rings is 1. The Balaban J connectivity index is 2.15. The predicted octanol–water partition coefficient (Wildman–Crippen LogP) is 3.94. The molecule has 1 aromatic carbocycles. The summed E-state index contributed by atoms with van der Waals surface area (Å²) in [4.78, 5) is 2.48. The first kappa shape index (κ1) is 12.3. The third-order valence-corrected chi connectivity index (χ3v) is 3.64. The Labute approximate surface area is 104 Å². The lowest BCUT2D eigenvalue weighted by Crippen LogP contribution is -2.37. The van der Waals surface area contributed by atoms with E-state index in [1.165, 1.54) is 37.8 Å². The molecule has 1 aromatic rings. The van der Waals surface area contributed by atoms with Gasteiger partial charge in [0.15, 0.2) is 0 Å². The van der Waals surface area contributed by atoms with E-state index in [9.17, 15) is 5.11 Å². The van der Waals surface area contributed by atoms with Crippen LogP contribution in [0.5, 0.6) is 5.75 Å². The molecule has 1 fully saturated rings. The van der Waals surface area contributed by atoms with Crippen molar-refractivity contribution in [1.82, 2.24) is 0 Å². The number of phenols is 1. The molecule has 0 radical (unpaired) electrons. The SMILES string of the molecule is CCCN(c1cccc(O)c1)C1CCCCC1. The zero-order valence-electron chi connectivity index (χ0n) is 10.7. The number of nitrogens with zero attached hydrogens (tertiary/aromatic N) is 1. The van der Waals surface area contributed by atoms with Crippen LogP contribution in [0, 0.1) is 0 Å². The Morgan fingerprint density at radius 2 is 2.00 bits per heavy atom. The van der Waals surface area contributed by atoms with E-state index in [2.05, 4.69) is 17.9 Å². The fraction of sp³-hybridized carbons (Fsp3) is 0.600. The lowest BCUT2D eigenvalue weighted by molar-refractivity contribution is 0.413. The van der Waals surface area contributed by atoms with E-state index < -0.39 is 0 Å². The van der Waals surface area contributed by atoms with E-state index in [1.807, 2.05) is 12.1 Å². The predicted molar refractivity (Wildman–Crippen MR) is 72.6 cm³/mol. The summed E-state index contributed by atoms with van der Waals surface area (Å²) in [5, 5.41) is 9.60. The fourth-order valence-electron chi connectivity index (χ4n) is 2.83. The van der Waals surface area contributed by atoms with E-state index >= 15 is 0 Å². The van der Waals surface area contributed by atoms with Crippen LogP contribution in [-0.2, 0) is 0 Å². The average Bonchev–Trinajstić information content (AvgIpc) is 2.37. The van der Waals surface area contributed by atoms with E-state index in [1.54, 1.807) is 6.07 Å². The molecule has 0 spiro atoms. The van der Waals surface area contributed by atoms with Crippen molar-refractivity contribution in [2.24, 2.45) is 0 Å². The first-order valence-electron chi connectivity index (χ1n) is 6.87. The Hall–Kier alpha value is -1.18. The molecule has 17 heavy (non-hydrogen) atoms. The third-order valence-electron chi connectivity index (χ3n) is 3.64. The maximum Gasteiger partial charge on any atom is 0.117 e. The molecule has 0 bridgehead atoms. The van der Waals surface area contributed by atoms with Gasteiger partial charge in [-0.3, -0.25) is 0 Å². The summed E-state index contributed by atoms with van der Waals surface area (Å²) < 4.78 is 0. The number of aromatic hydroxyl groups is 1. The van der Waals surface area contributed by atoms with Crippen molar-refractivity contribution in [3.05, 3.63) is 24.3 Å². The van der Waals surface area contributed by atoms with Crippen molar-refractivity contribution >= 4 is 5.69 Å². The van der Waals surface area contributed by atoms with Crippen molar-refractivity contribution in [2.75, 3.05) is 11.4 Å². The quantitative estimate of drug-likeness (QED) is 0.851. The zero-order chi connectivity index (χ0) is 12.1. The molecular weight excluding hydrogens is 210 g/mol. The minimum absolute atomic E-state index is 0.374. The molecule has 0 saturated heterocycles. The molecule has 1 saturated carbocycles. The molecular formula is C15H23NO. The van der Waals surface area contributed by atoms with Crippen LogP contribution in [0.3, 0.4) is 0 Å². The summed E-state index contributed by atoms with van der Waals surface area (Å²) in [6, 6.07) is 8.37. The smallest absolute Gasteiger partial charge is 0.117 e. The second kappa shape index (κ2) is 5.95. The summed E-state index contributed by atoms with van der Waals surface area (Å²) in [6.07, 6.45) is 7.85. The summed E-state index contributed by atoms with van der Waals surface area (Å²) in [7, 11) is 0. The van der Waals surface area contributed by atoms with Crippen LogP contribution in [-0.4, -0.2) is 17.7 Å². The minimum atomic E-state index is 0.374. The Morgan fingerprint density at radius 1 is 1.24 bits per heavy atom. The maximum absolute atomic E-state index is 9.60. The zero-order valence-corrected chi connectivity index (χ0v) is 10.7. The van der Waals surface area contributed by atoms with Gasteiger partial charge in [0.1, 0.15) is 5.75 Å². The van der Waals surface area contributed by atoms with E-state index in [0.29, 0.717) is 11.8 Å². The first-order chi connectivity index (χ1) is 8.31. The summed E-state index contributed by atoms with van der Waals surface area (Å²) in [5.74, 6) is 0.374. The van der Waals surface area contributed by atoms with Gasteiger partial charge < -0.3 is 10.0 Å². The Bertz CT molecular complexity index is 345. The molecule has 0 heterocycles. The molecule has 2 nitrogen and oxygen atoms in total. The highest BCUT2D eigenvalue weighted by Crippen LogP contribution is 2.29. The molecule has 0 unspecified atom stereocenters. The van der Waals surface area contributed by atoms with E-state index in [-0.39, 0.29) is 0 Å². The highest BCUT2D eigenvalue weighted by molar-refractivity contribution is 5.51. The van der Waals surface area contributed by atoms with Gasteiger partial charge in [-0.2, -0.15) is 0 Å². The van der Waals surface area contributed by atoms with Crippen LogP contribution >= 0.6 is 0 Å². The highest BCUT2D eigenvalue weighted by atomic mass is 16.3. The molecule has 1 N–H and O–H groups in total.